The van der Waals surface area contributed by atoms with E-state index >= 15 is 0 Å². The standard InChI is InChI=1S/C16H36O4Si.C8H28O4Si5/c1-5-9-13-17-21(18-14-10-6-2,19-15-11-7-3)20-16-12-8-4;1-13(2)9-17(10-14(3)4,11-15(5)6)12-16(7)8/h5-16H2,1-4H3;13-16H,1-8H3. The van der Waals surface area contributed by atoms with Gasteiger partial charge in [-0.05, 0) is 78.1 Å². The third-order valence-electron chi connectivity index (χ3n) is 4.63. The molecule has 0 aliphatic carbocycles. The van der Waals surface area contributed by atoms with Crippen molar-refractivity contribution in [1.29, 1.82) is 0 Å². The minimum absolute atomic E-state index is 0.660. The van der Waals surface area contributed by atoms with E-state index in [0.29, 0.717) is 26.4 Å². The molecule has 0 aromatic rings. The van der Waals surface area contributed by atoms with Crippen molar-refractivity contribution in [2.75, 3.05) is 26.4 Å². The second-order valence-corrected chi connectivity index (χ2v) is 25.8. The first-order valence-electron chi connectivity index (χ1n) is 15.2. The third kappa shape index (κ3) is 23.7. The summed E-state index contributed by atoms with van der Waals surface area (Å²) < 4.78 is 48.3. The van der Waals surface area contributed by atoms with Gasteiger partial charge in [-0.2, -0.15) is 0 Å². The molecule has 0 heterocycles. The summed E-state index contributed by atoms with van der Waals surface area (Å²) in [4.78, 5) is 0. The number of rotatable bonds is 24. The first-order chi connectivity index (χ1) is 17.9. The zero-order valence-electron chi connectivity index (χ0n) is 27.1. The van der Waals surface area contributed by atoms with Crippen LogP contribution in [0.3, 0.4) is 0 Å². The fraction of sp³-hybridized carbons (Fsp3) is 1.00. The molecule has 0 saturated heterocycles. The maximum absolute atomic E-state index is 6.09. The van der Waals surface area contributed by atoms with Gasteiger partial charge in [0.05, 0.1) is 0 Å². The van der Waals surface area contributed by atoms with Gasteiger partial charge in [-0.1, -0.05) is 53.4 Å². The van der Waals surface area contributed by atoms with Crippen LogP contribution in [0.15, 0.2) is 0 Å². The monoisotopic (exact) mass is 648 g/mol. The van der Waals surface area contributed by atoms with E-state index in [9.17, 15) is 0 Å². The molecular formula is C24H64O8Si6. The highest BCUT2D eigenvalue weighted by Crippen LogP contribution is 2.18. The van der Waals surface area contributed by atoms with Crippen molar-refractivity contribution >= 4 is 54.3 Å². The maximum atomic E-state index is 6.09. The van der Waals surface area contributed by atoms with Gasteiger partial charge in [-0.15, -0.1) is 0 Å². The molecule has 0 aromatic carbocycles. The van der Waals surface area contributed by atoms with E-state index in [0.717, 1.165) is 51.4 Å². The van der Waals surface area contributed by atoms with Crippen LogP contribution in [-0.4, -0.2) is 80.7 Å². The van der Waals surface area contributed by atoms with Gasteiger partial charge in [0.15, 0.2) is 36.2 Å². The molecule has 0 amide bonds. The minimum atomic E-state index is -2.94. The van der Waals surface area contributed by atoms with E-state index in [4.69, 9.17) is 34.2 Å². The van der Waals surface area contributed by atoms with Gasteiger partial charge in [-0.25, -0.2) is 0 Å². The van der Waals surface area contributed by atoms with Gasteiger partial charge >= 0.3 is 18.1 Å². The van der Waals surface area contributed by atoms with Crippen LogP contribution in [0, 0.1) is 0 Å². The van der Waals surface area contributed by atoms with Crippen molar-refractivity contribution < 1.29 is 34.2 Å². The van der Waals surface area contributed by atoms with Crippen molar-refractivity contribution in [3.63, 3.8) is 0 Å². The molecule has 0 radical (unpaired) electrons. The molecule has 0 aromatic heterocycles. The molecule has 0 aliphatic rings. The molecule has 0 aliphatic heterocycles. The molecule has 0 atom stereocenters. The Bertz CT molecular complexity index is 427. The first-order valence-corrected chi connectivity index (χ1v) is 29.6. The fourth-order valence-corrected chi connectivity index (χ4v) is 18.6. The van der Waals surface area contributed by atoms with Crippen LogP contribution in [0.1, 0.15) is 79.1 Å². The van der Waals surface area contributed by atoms with Gasteiger partial charge in [-0.3, -0.25) is 0 Å². The van der Waals surface area contributed by atoms with E-state index in [1.165, 1.54) is 0 Å². The van der Waals surface area contributed by atoms with Gasteiger partial charge < -0.3 is 34.2 Å². The average Bonchev–Trinajstić information content (AvgIpc) is 2.78. The Morgan fingerprint density at radius 3 is 0.737 bits per heavy atom. The fourth-order valence-electron chi connectivity index (χ4n) is 2.94. The molecule has 232 valence electrons. The molecule has 38 heavy (non-hydrogen) atoms. The van der Waals surface area contributed by atoms with Crippen LogP contribution >= 0.6 is 0 Å². The quantitative estimate of drug-likeness (QED) is 0.0917. The number of hydrogen-bond donors (Lipinski definition) is 0. The number of hydrogen-bond acceptors (Lipinski definition) is 8. The summed E-state index contributed by atoms with van der Waals surface area (Å²) in [5, 5.41) is 0. The molecular weight excluding hydrogens is 585 g/mol. The Labute approximate surface area is 245 Å². The van der Waals surface area contributed by atoms with Crippen LogP contribution in [0.5, 0.6) is 0 Å². The summed E-state index contributed by atoms with van der Waals surface area (Å²) in [6, 6.07) is 0. The highest BCUT2D eigenvalue weighted by atomic mass is 28.5. The van der Waals surface area contributed by atoms with E-state index in [2.05, 4.69) is 80.1 Å². The Morgan fingerprint density at radius 2 is 0.579 bits per heavy atom. The van der Waals surface area contributed by atoms with Gasteiger partial charge in [0.25, 0.3) is 0 Å². The zero-order chi connectivity index (χ0) is 29.5. The summed E-state index contributed by atoms with van der Waals surface area (Å²) in [6.45, 7) is 28.4. The Kier molecular flexibility index (Phi) is 27.8. The van der Waals surface area contributed by atoms with Crippen molar-refractivity contribution in [3.05, 3.63) is 0 Å². The molecule has 0 unspecified atom stereocenters. The van der Waals surface area contributed by atoms with E-state index in [-0.39, 0.29) is 0 Å². The highest BCUT2D eigenvalue weighted by Gasteiger charge is 2.47. The van der Waals surface area contributed by atoms with Crippen LogP contribution in [0.25, 0.3) is 0 Å². The summed E-state index contributed by atoms with van der Waals surface area (Å²) in [5.41, 5.74) is 0. The predicted octanol–water partition coefficient (Wildman–Crippen LogP) is 6.11. The molecule has 0 rings (SSSR count). The summed E-state index contributed by atoms with van der Waals surface area (Å²) in [6.07, 6.45) is 8.46. The SMILES string of the molecule is CCCCO[Si](OCCCC)(OCCCC)OCCCC.C[SiH](C)O[Si](O[SiH](C)C)(O[SiH](C)C)O[SiH](C)C. The van der Waals surface area contributed by atoms with Crippen LogP contribution in [0.2, 0.25) is 52.4 Å². The number of unbranched alkanes of at least 4 members (excludes halogenated alkanes) is 4. The Morgan fingerprint density at radius 1 is 0.368 bits per heavy atom. The first kappa shape index (κ1) is 41.1. The molecule has 0 bridgehead atoms. The Hall–Kier alpha value is 0.981. The smallest absolute Gasteiger partial charge is 0.399 e. The van der Waals surface area contributed by atoms with E-state index < -0.39 is 54.3 Å². The van der Waals surface area contributed by atoms with Gasteiger partial charge in [0.2, 0.25) is 0 Å². The molecule has 0 fully saturated rings. The maximum Gasteiger partial charge on any atom is 0.679 e. The lowest BCUT2D eigenvalue weighted by atomic mass is 10.4. The predicted molar refractivity (Wildman–Crippen MR) is 175 cm³/mol. The second kappa shape index (κ2) is 25.7. The molecule has 14 heteroatoms. The van der Waals surface area contributed by atoms with Crippen molar-refractivity contribution in [2.45, 2.75) is 131 Å². The zero-order valence-corrected chi connectivity index (χ0v) is 33.7. The lowest BCUT2D eigenvalue weighted by Crippen LogP contribution is -2.57. The van der Waals surface area contributed by atoms with Crippen LogP contribution in [-0.2, 0) is 34.2 Å². The van der Waals surface area contributed by atoms with E-state index in [1.54, 1.807) is 0 Å². The topological polar surface area (TPSA) is 73.8 Å². The van der Waals surface area contributed by atoms with Gasteiger partial charge in [0, 0.05) is 26.4 Å². The lowest BCUT2D eigenvalue weighted by Gasteiger charge is -2.35. The van der Waals surface area contributed by atoms with Crippen molar-refractivity contribution in [3.8, 4) is 0 Å². The van der Waals surface area contributed by atoms with Gasteiger partial charge in [0.1, 0.15) is 0 Å². The largest absolute Gasteiger partial charge is 0.679 e. The summed E-state index contributed by atoms with van der Waals surface area (Å²) in [7, 11) is -10.6. The van der Waals surface area contributed by atoms with Crippen LogP contribution < -0.4 is 0 Å². The molecule has 0 N–H and O–H groups in total. The molecule has 0 saturated carbocycles. The molecule has 0 spiro atoms. The van der Waals surface area contributed by atoms with Crippen LogP contribution in [0.4, 0.5) is 0 Å². The van der Waals surface area contributed by atoms with Crippen molar-refractivity contribution in [1.82, 2.24) is 0 Å². The lowest BCUT2D eigenvalue weighted by molar-refractivity contribution is -0.0368. The average molecular weight is 649 g/mol. The molecule has 8 nitrogen and oxygen atoms in total. The van der Waals surface area contributed by atoms with E-state index in [1.807, 2.05) is 0 Å². The summed E-state index contributed by atoms with van der Waals surface area (Å²) in [5.74, 6) is 0. The summed E-state index contributed by atoms with van der Waals surface area (Å²) >= 11 is 0. The minimum Gasteiger partial charge on any atom is -0.399 e. The Balaban J connectivity index is 0. The second-order valence-electron chi connectivity index (χ2n) is 10.5. The van der Waals surface area contributed by atoms with Crippen molar-refractivity contribution in [2.24, 2.45) is 0 Å². The third-order valence-corrected chi connectivity index (χ3v) is 19.0. The highest BCUT2D eigenvalue weighted by molar-refractivity contribution is 6.80. The normalized spacial score (nSPS) is 12.6.